The number of amides is 1. The van der Waals surface area contributed by atoms with E-state index in [0.29, 0.717) is 12.3 Å². The molecule has 16 heavy (non-hydrogen) atoms. The van der Waals surface area contributed by atoms with Crippen molar-refractivity contribution in [2.75, 3.05) is 5.88 Å². The topological polar surface area (TPSA) is 29.1 Å². The molecule has 1 amide bonds. The van der Waals surface area contributed by atoms with Gasteiger partial charge in [0, 0.05) is 18.3 Å². The lowest BCUT2D eigenvalue weighted by Crippen LogP contribution is -2.32. The van der Waals surface area contributed by atoms with E-state index < -0.39 is 0 Å². The molecule has 2 nitrogen and oxygen atoms in total. The second-order valence-electron chi connectivity index (χ2n) is 3.93. The van der Waals surface area contributed by atoms with Crippen molar-refractivity contribution in [1.29, 1.82) is 0 Å². The van der Waals surface area contributed by atoms with Crippen LogP contribution < -0.4 is 5.32 Å². The molecule has 0 aromatic heterocycles. The van der Waals surface area contributed by atoms with Gasteiger partial charge in [0.15, 0.2) is 0 Å². The molecule has 88 valence electrons. The summed E-state index contributed by atoms with van der Waals surface area (Å²) in [5, 5.41) is 2.93. The molecule has 0 heterocycles. The lowest BCUT2D eigenvalue weighted by molar-refractivity contribution is -0.121. The number of aryl methyl sites for hydroxylation is 1. The van der Waals surface area contributed by atoms with Crippen LogP contribution in [0.1, 0.15) is 25.3 Å². The number of carbonyl (C=O) groups is 1. The van der Waals surface area contributed by atoms with Crippen LogP contribution in [0.15, 0.2) is 30.3 Å². The summed E-state index contributed by atoms with van der Waals surface area (Å²) in [7, 11) is 0. The predicted octanol–water partition coefficient (Wildman–Crippen LogP) is 2.75. The van der Waals surface area contributed by atoms with Crippen LogP contribution in [-0.2, 0) is 11.2 Å². The predicted molar refractivity (Wildman–Crippen MR) is 67.7 cm³/mol. The Morgan fingerprint density at radius 2 is 2.06 bits per heavy atom. The van der Waals surface area contributed by atoms with Gasteiger partial charge in [-0.25, -0.2) is 0 Å². The SMILES string of the molecule is CC(CCc1ccccc1)NC(=O)CCCl. The second-order valence-corrected chi connectivity index (χ2v) is 4.31. The lowest BCUT2D eigenvalue weighted by atomic mass is 10.1. The third-order valence-electron chi connectivity index (χ3n) is 2.44. The third kappa shape index (κ3) is 5.17. The lowest BCUT2D eigenvalue weighted by Gasteiger charge is -2.13. The quantitative estimate of drug-likeness (QED) is 0.760. The van der Waals surface area contributed by atoms with E-state index in [4.69, 9.17) is 11.6 Å². The van der Waals surface area contributed by atoms with Gasteiger partial charge in [-0.3, -0.25) is 4.79 Å². The highest BCUT2D eigenvalue weighted by Gasteiger charge is 2.06. The normalized spacial score (nSPS) is 12.1. The van der Waals surface area contributed by atoms with Crippen LogP contribution in [0.3, 0.4) is 0 Å². The van der Waals surface area contributed by atoms with E-state index in [0.717, 1.165) is 12.8 Å². The second kappa shape index (κ2) is 7.29. The highest BCUT2D eigenvalue weighted by Crippen LogP contribution is 2.04. The average Bonchev–Trinajstić information content (AvgIpc) is 2.28. The first-order valence-electron chi connectivity index (χ1n) is 5.61. The number of benzene rings is 1. The van der Waals surface area contributed by atoms with Crippen molar-refractivity contribution in [2.24, 2.45) is 0 Å². The number of halogens is 1. The summed E-state index contributed by atoms with van der Waals surface area (Å²) in [6, 6.07) is 10.5. The molecule has 1 rings (SSSR count). The summed E-state index contributed by atoms with van der Waals surface area (Å²) in [6.07, 6.45) is 2.35. The van der Waals surface area contributed by atoms with Crippen LogP contribution in [0.25, 0.3) is 0 Å². The molecule has 0 spiro atoms. The first kappa shape index (κ1) is 13.0. The van der Waals surface area contributed by atoms with Crippen molar-refractivity contribution in [2.45, 2.75) is 32.2 Å². The zero-order valence-electron chi connectivity index (χ0n) is 9.58. The van der Waals surface area contributed by atoms with Gasteiger partial charge in [0.05, 0.1) is 0 Å². The molecule has 0 aliphatic heterocycles. The van der Waals surface area contributed by atoms with Crippen LogP contribution in [-0.4, -0.2) is 17.8 Å². The van der Waals surface area contributed by atoms with Gasteiger partial charge in [-0.05, 0) is 25.3 Å². The standard InChI is InChI=1S/C13H18ClNO/c1-11(15-13(16)9-10-14)7-8-12-5-3-2-4-6-12/h2-6,11H,7-10H2,1H3,(H,15,16). The van der Waals surface area contributed by atoms with Gasteiger partial charge in [-0.1, -0.05) is 30.3 Å². The maximum atomic E-state index is 11.3. The minimum Gasteiger partial charge on any atom is -0.354 e. The number of nitrogens with one attached hydrogen (secondary N) is 1. The Morgan fingerprint density at radius 1 is 1.38 bits per heavy atom. The van der Waals surface area contributed by atoms with Gasteiger partial charge in [0.1, 0.15) is 0 Å². The Hall–Kier alpha value is -1.02. The van der Waals surface area contributed by atoms with Gasteiger partial charge in [0.2, 0.25) is 5.91 Å². The molecular formula is C13H18ClNO. The fourth-order valence-corrected chi connectivity index (χ4v) is 1.70. The minimum atomic E-state index is 0.0376. The number of rotatable bonds is 6. The van der Waals surface area contributed by atoms with Gasteiger partial charge in [0.25, 0.3) is 0 Å². The fourth-order valence-electron chi connectivity index (χ4n) is 1.53. The van der Waals surface area contributed by atoms with Crippen molar-refractivity contribution in [3.63, 3.8) is 0 Å². The zero-order chi connectivity index (χ0) is 11.8. The molecule has 1 aromatic rings. The third-order valence-corrected chi connectivity index (χ3v) is 2.63. The van der Waals surface area contributed by atoms with E-state index in [1.807, 2.05) is 25.1 Å². The van der Waals surface area contributed by atoms with E-state index in [1.54, 1.807) is 0 Å². The highest BCUT2D eigenvalue weighted by molar-refractivity contribution is 6.18. The maximum Gasteiger partial charge on any atom is 0.221 e. The molecule has 0 saturated carbocycles. The van der Waals surface area contributed by atoms with Crippen LogP contribution in [0.2, 0.25) is 0 Å². The highest BCUT2D eigenvalue weighted by atomic mass is 35.5. The van der Waals surface area contributed by atoms with Gasteiger partial charge < -0.3 is 5.32 Å². The molecule has 0 aliphatic rings. The smallest absolute Gasteiger partial charge is 0.221 e. The van der Waals surface area contributed by atoms with Crippen LogP contribution >= 0.6 is 11.6 Å². The zero-order valence-corrected chi connectivity index (χ0v) is 10.3. The van der Waals surface area contributed by atoms with E-state index in [9.17, 15) is 4.79 Å². The Balaban J connectivity index is 2.25. The van der Waals surface area contributed by atoms with Crippen molar-refractivity contribution < 1.29 is 4.79 Å². The molecule has 0 aliphatic carbocycles. The van der Waals surface area contributed by atoms with E-state index >= 15 is 0 Å². The summed E-state index contributed by atoms with van der Waals surface area (Å²) >= 11 is 5.49. The van der Waals surface area contributed by atoms with Gasteiger partial charge >= 0.3 is 0 Å². The largest absolute Gasteiger partial charge is 0.354 e. The summed E-state index contributed by atoms with van der Waals surface area (Å²) < 4.78 is 0. The minimum absolute atomic E-state index is 0.0376. The first-order chi connectivity index (χ1) is 7.72. The average molecular weight is 240 g/mol. The number of carbonyl (C=O) groups excluding carboxylic acids is 1. The van der Waals surface area contributed by atoms with Gasteiger partial charge in [-0.15, -0.1) is 11.6 Å². The Labute approximate surface area is 102 Å². The van der Waals surface area contributed by atoms with Crippen molar-refractivity contribution >= 4 is 17.5 Å². The van der Waals surface area contributed by atoms with Crippen molar-refractivity contribution in [3.05, 3.63) is 35.9 Å². The number of alkyl halides is 1. The van der Waals surface area contributed by atoms with Gasteiger partial charge in [-0.2, -0.15) is 0 Å². The van der Waals surface area contributed by atoms with Crippen LogP contribution in [0, 0.1) is 0 Å². The van der Waals surface area contributed by atoms with Crippen molar-refractivity contribution in [3.8, 4) is 0 Å². The van der Waals surface area contributed by atoms with E-state index in [2.05, 4.69) is 17.4 Å². The number of hydrogen-bond acceptors (Lipinski definition) is 1. The molecule has 1 aromatic carbocycles. The maximum absolute atomic E-state index is 11.3. The first-order valence-corrected chi connectivity index (χ1v) is 6.15. The molecule has 0 bridgehead atoms. The van der Waals surface area contributed by atoms with E-state index in [-0.39, 0.29) is 11.9 Å². The van der Waals surface area contributed by atoms with E-state index in [1.165, 1.54) is 5.56 Å². The Morgan fingerprint density at radius 3 is 2.69 bits per heavy atom. The molecule has 3 heteroatoms. The molecule has 1 atom stereocenters. The number of hydrogen-bond donors (Lipinski definition) is 1. The molecule has 0 saturated heterocycles. The summed E-state index contributed by atoms with van der Waals surface area (Å²) in [5.41, 5.74) is 1.31. The molecule has 0 fully saturated rings. The van der Waals surface area contributed by atoms with Crippen molar-refractivity contribution in [1.82, 2.24) is 5.32 Å². The summed E-state index contributed by atoms with van der Waals surface area (Å²) in [5.74, 6) is 0.424. The summed E-state index contributed by atoms with van der Waals surface area (Å²) in [4.78, 5) is 11.3. The molecular weight excluding hydrogens is 222 g/mol. The Kier molecular flexibility index (Phi) is 5.94. The fraction of sp³-hybridized carbons (Fsp3) is 0.462. The monoisotopic (exact) mass is 239 g/mol. The molecule has 0 radical (unpaired) electrons. The molecule has 1 unspecified atom stereocenters. The summed E-state index contributed by atoms with van der Waals surface area (Å²) in [6.45, 7) is 2.02. The molecule has 1 N–H and O–H groups in total. The van der Waals surface area contributed by atoms with Crippen LogP contribution in [0.4, 0.5) is 0 Å². The van der Waals surface area contributed by atoms with Crippen LogP contribution in [0.5, 0.6) is 0 Å². The Bertz CT molecular complexity index is 313.